The number of aryl methyl sites for hydroxylation is 2. The molecule has 0 spiro atoms. The van der Waals surface area contributed by atoms with Crippen molar-refractivity contribution in [1.29, 1.82) is 0 Å². The standard InChI is InChI=1S/C22H28F3N2Si/c1-15-11-16(13-21(2,3)22(23,24)25)19(26-4)12-18(15)20-10-9-17(14-27(20)5)28(6,7)8/h9-12,14H,13H2,1-3,5-8H3/q+1/i13D2. The lowest BCUT2D eigenvalue weighted by atomic mass is 9.83. The number of pyridine rings is 1. The van der Waals surface area contributed by atoms with E-state index in [0.29, 0.717) is 11.1 Å². The molecular formula is C22H28F3N2Si+. The molecule has 2 rings (SSSR count). The van der Waals surface area contributed by atoms with Crippen LogP contribution in [0.25, 0.3) is 16.1 Å². The first kappa shape index (κ1) is 19.2. The maximum absolute atomic E-state index is 13.6. The molecule has 0 unspecified atom stereocenters. The van der Waals surface area contributed by atoms with Crippen LogP contribution in [0.1, 0.15) is 27.7 Å². The molecule has 0 radical (unpaired) electrons. The summed E-state index contributed by atoms with van der Waals surface area (Å²) >= 11 is 0. The van der Waals surface area contributed by atoms with Crippen molar-refractivity contribution >= 4 is 18.9 Å². The monoisotopic (exact) mass is 407 g/mol. The molecule has 0 amide bonds. The van der Waals surface area contributed by atoms with Crippen molar-refractivity contribution in [3.05, 3.63) is 53.0 Å². The van der Waals surface area contributed by atoms with Crippen molar-refractivity contribution < 1.29 is 20.5 Å². The van der Waals surface area contributed by atoms with Gasteiger partial charge in [-0.15, -0.1) is 0 Å². The molecule has 0 bridgehead atoms. The molecule has 28 heavy (non-hydrogen) atoms. The molecule has 1 aromatic carbocycles. The molecule has 1 aromatic heterocycles. The Labute approximate surface area is 169 Å². The minimum atomic E-state index is -4.76. The molecular weight excluding hydrogens is 377 g/mol. The Morgan fingerprint density at radius 2 is 1.79 bits per heavy atom. The Hall–Kier alpha value is -2.13. The molecule has 150 valence electrons. The average molecular weight is 408 g/mol. The number of nitrogens with zero attached hydrogens (tertiary/aromatic N) is 2. The van der Waals surface area contributed by atoms with Gasteiger partial charge in [-0.1, -0.05) is 45.6 Å². The van der Waals surface area contributed by atoms with Gasteiger partial charge in [-0.05, 0) is 30.5 Å². The smallest absolute Gasteiger partial charge is 0.238 e. The first-order valence-corrected chi connectivity index (χ1v) is 12.5. The van der Waals surface area contributed by atoms with E-state index in [1.54, 1.807) is 6.92 Å². The van der Waals surface area contributed by atoms with E-state index in [1.807, 2.05) is 17.7 Å². The number of benzene rings is 1. The Balaban J connectivity index is 2.70. The molecule has 0 aliphatic heterocycles. The lowest BCUT2D eigenvalue weighted by Gasteiger charge is -2.28. The summed E-state index contributed by atoms with van der Waals surface area (Å²) in [6.07, 6.45) is -5.47. The Morgan fingerprint density at radius 1 is 1.18 bits per heavy atom. The minimum Gasteiger partial charge on any atom is -0.238 e. The van der Waals surface area contributed by atoms with E-state index < -0.39 is 26.0 Å². The zero-order valence-electron chi connectivity index (χ0n) is 19.4. The summed E-state index contributed by atoms with van der Waals surface area (Å²) in [5.41, 5.74) is -0.848. The van der Waals surface area contributed by atoms with E-state index in [2.05, 4.69) is 36.7 Å². The van der Waals surface area contributed by atoms with Gasteiger partial charge in [-0.2, -0.15) is 13.2 Å². The number of alkyl halides is 3. The van der Waals surface area contributed by atoms with Crippen molar-refractivity contribution in [2.24, 2.45) is 12.5 Å². The van der Waals surface area contributed by atoms with E-state index in [1.165, 1.54) is 17.3 Å². The van der Waals surface area contributed by atoms with Crippen LogP contribution in [0.3, 0.4) is 0 Å². The molecule has 0 atom stereocenters. The highest BCUT2D eigenvalue weighted by atomic mass is 28.3. The van der Waals surface area contributed by atoms with Gasteiger partial charge < -0.3 is 0 Å². The van der Waals surface area contributed by atoms with Gasteiger partial charge >= 0.3 is 6.18 Å². The second kappa shape index (κ2) is 7.36. The molecule has 0 N–H and O–H groups in total. The second-order valence-electron chi connectivity index (χ2n) is 8.71. The number of hydrogen-bond donors (Lipinski definition) is 0. The van der Waals surface area contributed by atoms with Gasteiger partial charge in [0.05, 0.1) is 20.1 Å². The molecule has 6 heteroatoms. The summed E-state index contributed by atoms with van der Waals surface area (Å²) < 4.78 is 59.2. The highest BCUT2D eigenvalue weighted by Gasteiger charge is 2.47. The van der Waals surface area contributed by atoms with Crippen LogP contribution in [-0.2, 0) is 13.4 Å². The van der Waals surface area contributed by atoms with Crippen LogP contribution in [0, 0.1) is 18.9 Å². The fourth-order valence-electron chi connectivity index (χ4n) is 2.90. The molecule has 0 fully saturated rings. The number of rotatable bonds is 4. The Kier molecular flexibility index (Phi) is 5.05. The highest BCUT2D eigenvalue weighted by Crippen LogP contribution is 2.42. The lowest BCUT2D eigenvalue weighted by Crippen LogP contribution is -2.44. The Bertz CT molecular complexity index is 1020. The van der Waals surface area contributed by atoms with Gasteiger partial charge in [0.2, 0.25) is 5.69 Å². The number of halogens is 3. The van der Waals surface area contributed by atoms with Crippen LogP contribution < -0.4 is 9.75 Å². The zero-order valence-corrected chi connectivity index (χ0v) is 18.4. The molecule has 2 nitrogen and oxygen atoms in total. The first-order chi connectivity index (χ1) is 13.4. The largest absolute Gasteiger partial charge is 0.394 e. The summed E-state index contributed by atoms with van der Waals surface area (Å²) in [5.74, 6) is 0. The summed E-state index contributed by atoms with van der Waals surface area (Å²) in [6.45, 7) is 17.6. The third-order valence-electron chi connectivity index (χ3n) is 4.89. The summed E-state index contributed by atoms with van der Waals surface area (Å²) in [5, 5.41) is 1.26. The van der Waals surface area contributed by atoms with Crippen molar-refractivity contribution in [1.82, 2.24) is 0 Å². The summed E-state index contributed by atoms with van der Waals surface area (Å²) in [4.78, 5) is 3.39. The topological polar surface area (TPSA) is 8.24 Å². The van der Waals surface area contributed by atoms with E-state index in [0.717, 1.165) is 19.5 Å². The maximum Gasteiger partial charge on any atom is 0.394 e. The van der Waals surface area contributed by atoms with E-state index in [-0.39, 0.29) is 11.3 Å². The molecule has 0 saturated heterocycles. The van der Waals surface area contributed by atoms with Gasteiger partial charge in [0.25, 0.3) is 0 Å². The lowest BCUT2D eigenvalue weighted by molar-refractivity contribution is -0.659. The number of aromatic nitrogens is 1. The molecule has 2 aromatic rings. The van der Waals surface area contributed by atoms with Crippen molar-refractivity contribution in [3.8, 4) is 11.3 Å². The summed E-state index contributed by atoms with van der Waals surface area (Å²) in [7, 11) is 0.380. The van der Waals surface area contributed by atoms with Crippen molar-refractivity contribution in [2.75, 3.05) is 0 Å². The molecule has 0 aliphatic carbocycles. The normalized spacial score (nSPS) is 14.3. The summed E-state index contributed by atoms with van der Waals surface area (Å²) in [6, 6.07) is 6.91. The van der Waals surface area contributed by atoms with Crippen LogP contribution in [0.4, 0.5) is 18.9 Å². The van der Waals surface area contributed by atoms with Crippen molar-refractivity contribution in [3.63, 3.8) is 0 Å². The third kappa shape index (κ3) is 4.47. The van der Waals surface area contributed by atoms with Crippen LogP contribution in [0.2, 0.25) is 19.6 Å². The predicted octanol–water partition coefficient (Wildman–Crippen LogP) is 5.71. The van der Waals surface area contributed by atoms with Crippen LogP contribution in [-0.4, -0.2) is 14.3 Å². The number of hydrogen-bond acceptors (Lipinski definition) is 0. The quantitative estimate of drug-likeness (QED) is 0.348. The van der Waals surface area contributed by atoms with E-state index in [9.17, 15) is 13.2 Å². The molecule has 0 saturated carbocycles. The zero-order chi connectivity index (χ0) is 23.3. The van der Waals surface area contributed by atoms with Crippen LogP contribution >= 0.6 is 0 Å². The third-order valence-corrected chi connectivity index (χ3v) is 6.92. The fraction of sp³-hybridized carbons (Fsp3) is 0.455. The van der Waals surface area contributed by atoms with Gasteiger partial charge in [0.1, 0.15) is 7.05 Å². The Morgan fingerprint density at radius 3 is 2.25 bits per heavy atom. The second-order valence-corrected chi connectivity index (χ2v) is 13.8. The van der Waals surface area contributed by atoms with E-state index >= 15 is 0 Å². The minimum absolute atomic E-state index is 0.104. The van der Waals surface area contributed by atoms with Gasteiger partial charge in [0.15, 0.2) is 11.9 Å². The van der Waals surface area contributed by atoms with Gasteiger partial charge in [-0.25, -0.2) is 9.41 Å². The average Bonchev–Trinajstić information content (AvgIpc) is 2.59. The predicted molar refractivity (Wildman–Crippen MR) is 111 cm³/mol. The van der Waals surface area contributed by atoms with Crippen LogP contribution in [0.5, 0.6) is 0 Å². The van der Waals surface area contributed by atoms with Gasteiger partial charge in [0, 0.05) is 19.6 Å². The van der Waals surface area contributed by atoms with Crippen molar-refractivity contribution in [2.45, 2.75) is 53.0 Å². The fourth-order valence-corrected chi connectivity index (χ4v) is 4.07. The highest BCUT2D eigenvalue weighted by molar-refractivity contribution is 6.88. The SMILES string of the molecule is [2H]C([2H])(c1cc(C)c(-c2ccc([Si](C)(C)C)c[n+]2C)cc1[N+]#[C-])C(C)(C)C(F)(F)F. The molecule has 1 heterocycles. The first-order valence-electron chi connectivity index (χ1n) is 10.0. The van der Waals surface area contributed by atoms with Gasteiger partial charge in [-0.3, -0.25) is 0 Å². The maximum atomic E-state index is 13.6. The van der Waals surface area contributed by atoms with Crippen LogP contribution in [0.15, 0.2) is 30.5 Å². The molecule has 0 aliphatic rings. The van der Waals surface area contributed by atoms with E-state index in [4.69, 9.17) is 9.31 Å².